The van der Waals surface area contributed by atoms with Crippen molar-refractivity contribution in [3.8, 4) is 0 Å². The largest absolute Gasteiger partial charge is 0.481 e. The van der Waals surface area contributed by atoms with Crippen LogP contribution in [-0.2, 0) is 14.4 Å². The van der Waals surface area contributed by atoms with Crippen LogP contribution in [0.1, 0.15) is 52.9 Å². The second-order valence-electron chi connectivity index (χ2n) is 6.91. The fraction of sp³-hybridized carbons (Fsp3) is 0.800. The van der Waals surface area contributed by atoms with Gasteiger partial charge in [0.05, 0.1) is 6.42 Å². The lowest BCUT2D eigenvalue weighted by Crippen LogP contribution is -2.45. The summed E-state index contributed by atoms with van der Waals surface area (Å²) in [5.74, 6) is -2.53. The fourth-order valence-electron chi connectivity index (χ4n) is 2.89. The Bertz CT molecular complexity index is 405. The van der Waals surface area contributed by atoms with Gasteiger partial charge in [-0.05, 0) is 37.0 Å². The third kappa shape index (κ3) is 5.36. The van der Waals surface area contributed by atoms with Gasteiger partial charge in [-0.1, -0.05) is 20.8 Å². The monoisotopic (exact) mass is 299 g/mol. The van der Waals surface area contributed by atoms with Crippen LogP contribution in [0.15, 0.2) is 0 Å². The topological polar surface area (TPSA) is 104 Å². The Morgan fingerprint density at radius 3 is 2.00 bits per heavy atom. The lowest BCUT2D eigenvalue weighted by molar-refractivity contribution is -0.147. The Morgan fingerprint density at radius 2 is 1.62 bits per heavy atom. The summed E-state index contributed by atoms with van der Waals surface area (Å²) in [4.78, 5) is 33.7. The van der Waals surface area contributed by atoms with E-state index < -0.39 is 24.4 Å². The van der Waals surface area contributed by atoms with Crippen molar-refractivity contribution in [1.82, 2.24) is 5.32 Å². The smallest absolute Gasteiger partial charge is 0.326 e. The van der Waals surface area contributed by atoms with Gasteiger partial charge >= 0.3 is 11.9 Å². The zero-order valence-corrected chi connectivity index (χ0v) is 12.9. The highest BCUT2D eigenvalue weighted by atomic mass is 16.4. The zero-order valence-electron chi connectivity index (χ0n) is 12.9. The molecule has 6 nitrogen and oxygen atoms in total. The third-order valence-electron chi connectivity index (χ3n) is 4.32. The molecule has 0 aromatic rings. The van der Waals surface area contributed by atoms with Crippen molar-refractivity contribution in [2.24, 2.45) is 17.3 Å². The van der Waals surface area contributed by atoms with Crippen LogP contribution in [0.25, 0.3) is 0 Å². The van der Waals surface area contributed by atoms with E-state index in [4.69, 9.17) is 10.2 Å². The first kappa shape index (κ1) is 17.5. The van der Waals surface area contributed by atoms with Crippen molar-refractivity contribution in [2.45, 2.75) is 58.9 Å². The van der Waals surface area contributed by atoms with Crippen molar-refractivity contribution in [3.63, 3.8) is 0 Å². The number of hydrogen-bond acceptors (Lipinski definition) is 3. The Balaban J connectivity index is 2.53. The van der Waals surface area contributed by atoms with Crippen LogP contribution >= 0.6 is 0 Å². The molecule has 1 aliphatic carbocycles. The Labute approximate surface area is 124 Å². The van der Waals surface area contributed by atoms with E-state index in [1.54, 1.807) is 0 Å². The number of rotatable bonds is 5. The maximum absolute atomic E-state index is 12.1. The van der Waals surface area contributed by atoms with Crippen LogP contribution < -0.4 is 5.32 Å². The van der Waals surface area contributed by atoms with E-state index in [1.807, 2.05) is 0 Å². The highest BCUT2D eigenvalue weighted by Gasteiger charge is 2.34. The van der Waals surface area contributed by atoms with Gasteiger partial charge in [0.15, 0.2) is 0 Å². The van der Waals surface area contributed by atoms with Gasteiger partial charge in [-0.3, -0.25) is 9.59 Å². The normalized spacial score (nSPS) is 24.1. The van der Waals surface area contributed by atoms with Gasteiger partial charge < -0.3 is 15.5 Å². The Kier molecular flexibility index (Phi) is 5.75. The first-order chi connectivity index (χ1) is 9.61. The molecule has 0 saturated heterocycles. The minimum atomic E-state index is -1.35. The molecule has 1 saturated carbocycles. The SMILES string of the molecule is CC(C)(C)C1CCC(C(=O)N[C@@H](CC(=O)O)C(=O)O)CC1. The summed E-state index contributed by atoms with van der Waals surface area (Å²) in [5, 5.41) is 20.0. The molecule has 0 aliphatic heterocycles. The van der Waals surface area contributed by atoms with Crippen LogP contribution in [-0.4, -0.2) is 34.1 Å². The number of nitrogens with one attached hydrogen (secondary N) is 1. The van der Waals surface area contributed by atoms with E-state index in [1.165, 1.54) is 0 Å². The lowest BCUT2D eigenvalue weighted by atomic mass is 9.69. The van der Waals surface area contributed by atoms with Crippen molar-refractivity contribution < 1.29 is 24.6 Å². The van der Waals surface area contributed by atoms with E-state index in [0.717, 1.165) is 25.7 Å². The van der Waals surface area contributed by atoms with Crippen molar-refractivity contribution >= 4 is 17.8 Å². The summed E-state index contributed by atoms with van der Waals surface area (Å²) in [7, 11) is 0. The maximum atomic E-state index is 12.1. The molecule has 0 aromatic heterocycles. The summed E-state index contributed by atoms with van der Waals surface area (Å²) in [6.45, 7) is 6.56. The van der Waals surface area contributed by atoms with Crippen molar-refractivity contribution in [2.75, 3.05) is 0 Å². The number of carbonyl (C=O) groups is 3. The minimum Gasteiger partial charge on any atom is -0.481 e. The van der Waals surface area contributed by atoms with Crippen LogP contribution in [0.2, 0.25) is 0 Å². The summed E-state index contributed by atoms with van der Waals surface area (Å²) in [6, 6.07) is -1.35. The van der Waals surface area contributed by atoms with E-state index in [2.05, 4.69) is 26.1 Å². The minimum absolute atomic E-state index is 0.209. The molecule has 21 heavy (non-hydrogen) atoms. The van der Waals surface area contributed by atoms with Crippen LogP contribution in [0.4, 0.5) is 0 Å². The molecule has 0 unspecified atom stereocenters. The molecule has 0 radical (unpaired) electrons. The quantitative estimate of drug-likeness (QED) is 0.719. The highest BCUT2D eigenvalue weighted by Crippen LogP contribution is 2.39. The molecule has 1 amide bonds. The molecule has 1 fully saturated rings. The first-order valence-electron chi connectivity index (χ1n) is 7.36. The summed E-state index contributed by atoms with van der Waals surface area (Å²) >= 11 is 0. The predicted octanol–water partition coefficient (Wildman–Crippen LogP) is 1.88. The molecule has 1 atom stereocenters. The van der Waals surface area contributed by atoms with Gasteiger partial charge in [-0.25, -0.2) is 4.79 Å². The predicted molar refractivity (Wildman–Crippen MR) is 76.7 cm³/mol. The zero-order chi connectivity index (χ0) is 16.2. The van der Waals surface area contributed by atoms with Crippen molar-refractivity contribution in [3.05, 3.63) is 0 Å². The standard InChI is InChI=1S/C15H25NO5/c1-15(2,3)10-6-4-9(5-7-10)13(19)16-11(14(20)21)8-12(17)18/h9-11H,4-8H2,1-3H3,(H,16,19)(H,17,18)(H,20,21)/t9?,10?,11-/m0/s1. The van der Waals surface area contributed by atoms with E-state index in [0.29, 0.717) is 5.92 Å². The Hall–Kier alpha value is -1.59. The number of carbonyl (C=O) groups excluding carboxylic acids is 1. The molecule has 0 spiro atoms. The van der Waals surface area contributed by atoms with Crippen LogP contribution in [0.5, 0.6) is 0 Å². The van der Waals surface area contributed by atoms with E-state index in [9.17, 15) is 14.4 Å². The lowest BCUT2D eigenvalue weighted by Gasteiger charge is -2.36. The van der Waals surface area contributed by atoms with Crippen LogP contribution in [0.3, 0.4) is 0 Å². The van der Waals surface area contributed by atoms with Gasteiger partial charge in [0.25, 0.3) is 0 Å². The summed E-state index contributed by atoms with van der Waals surface area (Å²) in [6.07, 6.45) is 2.75. The molecule has 6 heteroatoms. The number of carboxylic acids is 2. The number of carboxylic acid groups (broad SMARTS) is 2. The van der Waals surface area contributed by atoms with Gasteiger partial charge in [0.1, 0.15) is 6.04 Å². The molecule has 120 valence electrons. The molecular weight excluding hydrogens is 274 g/mol. The van der Waals surface area contributed by atoms with E-state index >= 15 is 0 Å². The second kappa shape index (κ2) is 6.91. The molecule has 0 aromatic carbocycles. The number of hydrogen-bond donors (Lipinski definition) is 3. The summed E-state index contributed by atoms with van der Waals surface area (Å²) in [5.41, 5.74) is 0.217. The number of amides is 1. The van der Waals surface area contributed by atoms with E-state index in [-0.39, 0.29) is 17.2 Å². The molecule has 3 N–H and O–H groups in total. The van der Waals surface area contributed by atoms with Gasteiger partial charge in [-0.15, -0.1) is 0 Å². The van der Waals surface area contributed by atoms with Crippen molar-refractivity contribution in [1.29, 1.82) is 0 Å². The molecular formula is C15H25NO5. The number of aliphatic carboxylic acids is 2. The first-order valence-corrected chi connectivity index (χ1v) is 7.36. The second-order valence-corrected chi connectivity index (χ2v) is 6.91. The summed E-state index contributed by atoms with van der Waals surface area (Å²) < 4.78 is 0. The average molecular weight is 299 g/mol. The van der Waals surface area contributed by atoms with Crippen LogP contribution in [0, 0.1) is 17.3 Å². The Morgan fingerprint density at radius 1 is 1.10 bits per heavy atom. The van der Waals surface area contributed by atoms with Gasteiger partial charge in [-0.2, -0.15) is 0 Å². The molecule has 1 aliphatic rings. The molecule has 1 rings (SSSR count). The molecule has 0 heterocycles. The van der Waals surface area contributed by atoms with Gasteiger partial charge in [0, 0.05) is 5.92 Å². The highest BCUT2D eigenvalue weighted by molar-refractivity contribution is 5.87. The maximum Gasteiger partial charge on any atom is 0.326 e. The fourth-order valence-corrected chi connectivity index (χ4v) is 2.89. The van der Waals surface area contributed by atoms with Gasteiger partial charge in [0.2, 0.25) is 5.91 Å². The third-order valence-corrected chi connectivity index (χ3v) is 4.32. The molecule has 0 bridgehead atoms. The average Bonchev–Trinajstić information content (AvgIpc) is 2.36.